The van der Waals surface area contributed by atoms with E-state index in [1.165, 1.54) is 38.1 Å². The Kier molecular flexibility index (Phi) is 4.71. The third-order valence-electron chi connectivity index (χ3n) is 5.57. The lowest BCUT2D eigenvalue weighted by Gasteiger charge is -2.11. The molecule has 0 radical (unpaired) electrons. The molecule has 1 nitrogen and oxygen atoms in total. The first-order chi connectivity index (χ1) is 14.8. The molecule has 0 unspecified atom stereocenters. The molecule has 0 amide bonds. The fourth-order valence-electron chi connectivity index (χ4n) is 4.12. The molecule has 0 saturated heterocycles. The minimum absolute atomic E-state index is 0.765. The minimum atomic E-state index is 0.765. The number of carbonyl (C=O) groups excluding carboxylic acids is 1. The predicted molar refractivity (Wildman–Crippen MR) is 127 cm³/mol. The van der Waals surface area contributed by atoms with E-state index in [1.54, 1.807) is 0 Å². The summed E-state index contributed by atoms with van der Waals surface area (Å²) in [4.78, 5) is 11.2. The standard InChI is InChI=1S/C17H10O.C12H10/c18-10-14-7-6-13-5-4-11-2-1-3-12-8-9-15(14)17(13)16(11)12;1-3-7-11(8-4-1)12-9-5-2-6-10-12/h1-10H;1-10H. The molecule has 0 aliphatic rings. The average Bonchev–Trinajstić information content (AvgIpc) is 2.84. The van der Waals surface area contributed by atoms with Crippen LogP contribution in [0.25, 0.3) is 43.4 Å². The Bertz CT molecular complexity index is 1380. The lowest BCUT2D eigenvalue weighted by Crippen LogP contribution is -1.87. The van der Waals surface area contributed by atoms with E-state index in [-0.39, 0.29) is 0 Å². The molecule has 0 spiro atoms. The number of hydrogen-bond donors (Lipinski definition) is 0. The first-order valence-corrected chi connectivity index (χ1v) is 10.1. The Labute approximate surface area is 175 Å². The largest absolute Gasteiger partial charge is 0.298 e. The maximum Gasteiger partial charge on any atom is 0.150 e. The van der Waals surface area contributed by atoms with Crippen LogP contribution in [-0.2, 0) is 0 Å². The van der Waals surface area contributed by atoms with Crippen LogP contribution in [0.4, 0.5) is 0 Å². The Morgan fingerprint density at radius 2 is 0.933 bits per heavy atom. The van der Waals surface area contributed by atoms with Crippen LogP contribution in [0.3, 0.4) is 0 Å². The van der Waals surface area contributed by atoms with Gasteiger partial charge in [0, 0.05) is 5.56 Å². The lowest BCUT2D eigenvalue weighted by atomic mass is 9.92. The van der Waals surface area contributed by atoms with Crippen molar-refractivity contribution in [2.75, 3.05) is 0 Å². The van der Waals surface area contributed by atoms with Gasteiger partial charge in [0.25, 0.3) is 0 Å². The highest BCUT2D eigenvalue weighted by Gasteiger charge is 2.09. The zero-order valence-corrected chi connectivity index (χ0v) is 16.5. The van der Waals surface area contributed by atoms with Gasteiger partial charge in [-0.1, -0.05) is 115 Å². The monoisotopic (exact) mass is 384 g/mol. The van der Waals surface area contributed by atoms with Crippen molar-refractivity contribution < 1.29 is 4.79 Å². The van der Waals surface area contributed by atoms with Crippen molar-refractivity contribution in [3.8, 4) is 11.1 Å². The zero-order valence-electron chi connectivity index (χ0n) is 16.5. The second-order valence-corrected chi connectivity index (χ2v) is 7.36. The molecule has 0 aliphatic carbocycles. The van der Waals surface area contributed by atoms with Gasteiger partial charge in [-0.2, -0.15) is 0 Å². The summed E-state index contributed by atoms with van der Waals surface area (Å²) in [6.07, 6.45) is 0.936. The SMILES string of the molecule is O=Cc1ccc2ccc3cccc4ccc1c2c34.c1ccc(-c2ccccc2)cc1. The van der Waals surface area contributed by atoms with Crippen LogP contribution < -0.4 is 0 Å². The van der Waals surface area contributed by atoms with Crippen molar-refractivity contribution in [1.82, 2.24) is 0 Å². The van der Waals surface area contributed by atoms with Gasteiger partial charge in [-0.3, -0.25) is 4.79 Å². The van der Waals surface area contributed by atoms with E-state index in [0.717, 1.165) is 17.2 Å². The Morgan fingerprint density at radius 3 is 1.50 bits per heavy atom. The van der Waals surface area contributed by atoms with E-state index >= 15 is 0 Å². The molecule has 142 valence electrons. The maximum absolute atomic E-state index is 11.2. The molecule has 0 N–H and O–H groups in total. The van der Waals surface area contributed by atoms with Crippen LogP contribution in [0.15, 0.2) is 115 Å². The molecule has 6 aromatic rings. The van der Waals surface area contributed by atoms with E-state index in [0.29, 0.717) is 0 Å². The van der Waals surface area contributed by atoms with Crippen molar-refractivity contribution in [3.05, 3.63) is 121 Å². The van der Waals surface area contributed by atoms with E-state index < -0.39 is 0 Å². The highest BCUT2D eigenvalue weighted by atomic mass is 16.1. The zero-order chi connectivity index (χ0) is 20.3. The van der Waals surface area contributed by atoms with Crippen LogP contribution in [0.2, 0.25) is 0 Å². The summed E-state index contributed by atoms with van der Waals surface area (Å²) in [5.74, 6) is 0. The summed E-state index contributed by atoms with van der Waals surface area (Å²) >= 11 is 0. The summed E-state index contributed by atoms with van der Waals surface area (Å²) in [6, 6.07) is 39.4. The van der Waals surface area contributed by atoms with Crippen LogP contribution in [-0.4, -0.2) is 6.29 Å². The van der Waals surface area contributed by atoms with E-state index in [4.69, 9.17) is 0 Å². The summed E-state index contributed by atoms with van der Waals surface area (Å²) < 4.78 is 0. The minimum Gasteiger partial charge on any atom is -0.298 e. The van der Waals surface area contributed by atoms with Gasteiger partial charge in [0.2, 0.25) is 0 Å². The van der Waals surface area contributed by atoms with Crippen molar-refractivity contribution in [3.63, 3.8) is 0 Å². The number of rotatable bonds is 2. The van der Waals surface area contributed by atoms with Gasteiger partial charge in [-0.15, -0.1) is 0 Å². The summed E-state index contributed by atoms with van der Waals surface area (Å²) in [5, 5.41) is 7.17. The van der Waals surface area contributed by atoms with Gasteiger partial charge in [0.15, 0.2) is 6.29 Å². The second kappa shape index (κ2) is 7.81. The van der Waals surface area contributed by atoms with E-state index in [2.05, 4.69) is 84.9 Å². The fourth-order valence-corrected chi connectivity index (χ4v) is 4.12. The molecular weight excluding hydrogens is 364 g/mol. The molecule has 1 heteroatoms. The van der Waals surface area contributed by atoms with Gasteiger partial charge in [-0.05, 0) is 43.4 Å². The van der Waals surface area contributed by atoms with Crippen molar-refractivity contribution in [1.29, 1.82) is 0 Å². The third kappa shape index (κ3) is 3.21. The maximum atomic E-state index is 11.2. The Hall–Kier alpha value is -3.97. The molecule has 6 aromatic carbocycles. The fraction of sp³-hybridized carbons (Fsp3) is 0. The molecular formula is C29H20O. The van der Waals surface area contributed by atoms with Crippen molar-refractivity contribution in [2.45, 2.75) is 0 Å². The molecule has 0 bridgehead atoms. The molecule has 0 aromatic heterocycles. The second-order valence-electron chi connectivity index (χ2n) is 7.36. The Morgan fingerprint density at radius 1 is 0.433 bits per heavy atom. The number of hydrogen-bond acceptors (Lipinski definition) is 1. The lowest BCUT2D eigenvalue weighted by molar-refractivity contribution is 0.112. The van der Waals surface area contributed by atoms with Gasteiger partial charge in [-0.25, -0.2) is 0 Å². The predicted octanol–water partition coefficient (Wildman–Crippen LogP) is 7.75. The van der Waals surface area contributed by atoms with Crippen LogP contribution in [0.1, 0.15) is 10.4 Å². The van der Waals surface area contributed by atoms with Gasteiger partial charge < -0.3 is 0 Å². The quantitative estimate of drug-likeness (QED) is 0.220. The summed E-state index contributed by atoms with van der Waals surface area (Å²) in [6.45, 7) is 0. The molecule has 30 heavy (non-hydrogen) atoms. The molecule has 6 rings (SSSR count). The van der Waals surface area contributed by atoms with Gasteiger partial charge in [0.05, 0.1) is 0 Å². The topological polar surface area (TPSA) is 17.1 Å². The molecule has 0 atom stereocenters. The summed E-state index contributed by atoms with van der Waals surface area (Å²) in [7, 11) is 0. The average molecular weight is 384 g/mol. The van der Waals surface area contributed by atoms with Crippen molar-refractivity contribution >= 4 is 38.6 Å². The number of carbonyl (C=O) groups is 1. The van der Waals surface area contributed by atoms with Crippen LogP contribution in [0, 0.1) is 0 Å². The first kappa shape index (κ1) is 18.1. The number of aldehydes is 1. The normalized spacial score (nSPS) is 10.8. The number of benzene rings is 6. The van der Waals surface area contributed by atoms with E-state index in [9.17, 15) is 4.79 Å². The highest BCUT2D eigenvalue weighted by Crippen LogP contribution is 2.35. The molecule has 0 fully saturated rings. The molecule has 0 saturated carbocycles. The Balaban J connectivity index is 0.000000140. The highest BCUT2D eigenvalue weighted by molar-refractivity contribution is 6.25. The van der Waals surface area contributed by atoms with Crippen molar-refractivity contribution in [2.24, 2.45) is 0 Å². The van der Waals surface area contributed by atoms with Gasteiger partial charge >= 0.3 is 0 Å². The van der Waals surface area contributed by atoms with Crippen LogP contribution >= 0.6 is 0 Å². The first-order valence-electron chi connectivity index (χ1n) is 10.1. The third-order valence-corrected chi connectivity index (χ3v) is 5.57. The van der Waals surface area contributed by atoms with Crippen LogP contribution in [0.5, 0.6) is 0 Å². The van der Waals surface area contributed by atoms with Gasteiger partial charge in [0.1, 0.15) is 0 Å². The van der Waals surface area contributed by atoms with E-state index in [1.807, 2.05) is 30.3 Å². The summed E-state index contributed by atoms with van der Waals surface area (Å²) in [5.41, 5.74) is 3.32. The molecule has 0 heterocycles. The smallest absolute Gasteiger partial charge is 0.150 e. The molecule has 0 aliphatic heterocycles.